The maximum Gasteiger partial charge on any atom is 0.267 e. The van der Waals surface area contributed by atoms with Gasteiger partial charge >= 0.3 is 0 Å². The fourth-order valence-electron chi connectivity index (χ4n) is 1.45. The Labute approximate surface area is 105 Å². The van der Waals surface area contributed by atoms with Gasteiger partial charge in [0.05, 0.1) is 11.4 Å². The van der Waals surface area contributed by atoms with Crippen molar-refractivity contribution >= 4 is 27.2 Å². The van der Waals surface area contributed by atoms with E-state index in [1.165, 1.54) is 12.1 Å². The molecule has 7 nitrogen and oxygen atoms in total. The quantitative estimate of drug-likeness (QED) is 0.669. The fourth-order valence-corrected chi connectivity index (χ4v) is 2.44. The molecule has 1 unspecified atom stereocenters. The molecule has 0 aliphatic carbocycles. The van der Waals surface area contributed by atoms with Crippen molar-refractivity contribution in [3.63, 3.8) is 0 Å². The second-order valence-corrected chi connectivity index (χ2v) is 6.32. The average molecular weight is 272 g/mol. The zero-order chi connectivity index (χ0) is 13.9. The number of nitrogens with two attached hydrogens (primary N) is 2. The molecule has 1 atom stereocenters. The largest absolute Gasteiger partial charge is 0.396 e. The highest BCUT2D eigenvalue weighted by Crippen LogP contribution is 2.16. The summed E-state index contributed by atoms with van der Waals surface area (Å²) in [5.41, 5.74) is 11.2. The fraction of sp³-hybridized carbons (Fsp3) is 0.400. The highest BCUT2D eigenvalue weighted by molar-refractivity contribution is 7.90. The van der Waals surface area contributed by atoms with Crippen molar-refractivity contribution in [1.29, 1.82) is 0 Å². The number of carbonyl (C=O) groups is 1. The summed E-state index contributed by atoms with van der Waals surface area (Å²) in [5, 5.41) is 2.84. The molecule has 1 amide bonds. The standard InChI is InChI=1S/C10H16N4O3S/c1-6(5-18(2,16)17)13-10-7(11)3-4-8(14-10)9(12)15/h3-4,6H,5,11H2,1-2H3,(H2,12,15)(H,13,14). The van der Waals surface area contributed by atoms with Crippen LogP contribution < -0.4 is 16.8 Å². The molecule has 5 N–H and O–H groups in total. The Balaban J connectivity index is 2.90. The molecule has 0 saturated heterocycles. The molecule has 100 valence electrons. The van der Waals surface area contributed by atoms with E-state index in [9.17, 15) is 13.2 Å². The van der Waals surface area contributed by atoms with Gasteiger partial charge < -0.3 is 16.8 Å². The lowest BCUT2D eigenvalue weighted by Crippen LogP contribution is -2.26. The number of carbonyl (C=O) groups excluding carboxylic acids is 1. The van der Waals surface area contributed by atoms with Crippen LogP contribution in [-0.4, -0.2) is 37.4 Å². The molecule has 8 heteroatoms. The van der Waals surface area contributed by atoms with Crippen molar-refractivity contribution in [3.05, 3.63) is 17.8 Å². The van der Waals surface area contributed by atoms with Crippen LogP contribution in [0.15, 0.2) is 12.1 Å². The Hall–Kier alpha value is -1.83. The average Bonchev–Trinajstić information content (AvgIpc) is 2.18. The lowest BCUT2D eigenvalue weighted by Gasteiger charge is -2.15. The Bertz CT molecular complexity index is 556. The zero-order valence-electron chi connectivity index (χ0n) is 10.2. The van der Waals surface area contributed by atoms with Crippen LogP contribution in [0, 0.1) is 0 Å². The summed E-state index contributed by atoms with van der Waals surface area (Å²) in [7, 11) is -3.11. The molecule has 0 saturated carbocycles. The van der Waals surface area contributed by atoms with Crippen molar-refractivity contribution in [2.75, 3.05) is 23.1 Å². The van der Waals surface area contributed by atoms with Gasteiger partial charge in [-0.3, -0.25) is 4.79 Å². The molecule has 1 heterocycles. The minimum absolute atomic E-state index is 0.0606. The lowest BCUT2D eigenvalue weighted by atomic mass is 10.3. The molecular formula is C10H16N4O3S. The molecule has 0 aliphatic rings. The topological polar surface area (TPSA) is 128 Å². The summed E-state index contributed by atoms with van der Waals surface area (Å²) in [6.45, 7) is 1.68. The molecule has 1 rings (SSSR count). The van der Waals surface area contributed by atoms with Gasteiger partial charge in [-0.25, -0.2) is 13.4 Å². The van der Waals surface area contributed by atoms with Crippen LogP contribution in [0.3, 0.4) is 0 Å². The summed E-state index contributed by atoms with van der Waals surface area (Å²) in [5.74, 6) is -0.481. The van der Waals surface area contributed by atoms with Crippen LogP contribution >= 0.6 is 0 Å². The van der Waals surface area contributed by atoms with Gasteiger partial charge in [0.25, 0.3) is 5.91 Å². The molecule has 0 spiro atoms. The Kier molecular flexibility index (Phi) is 4.12. The number of nitrogens with one attached hydrogen (secondary N) is 1. The number of nitrogen functional groups attached to an aromatic ring is 1. The van der Waals surface area contributed by atoms with E-state index in [-0.39, 0.29) is 23.3 Å². The predicted molar refractivity (Wildman–Crippen MR) is 70.0 cm³/mol. The number of amides is 1. The van der Waals surface area contributed by atoms with Gasteiger partial charge in [-0.1, -0.05) is 0 Å². The molecule has 0 aromatic carbocycles. The lowest BCUT2D eigenvalue weighted by molar-refractivity contribution is 0.0995. The summed E-state index contributed by atoms with van der Waals surface area (Å²) in [4.78, 5) is 14.9. The Morgan fingerprint density at radius 3 is 2.61 bits per heavy atom. The predicted octanol–water partition coefficient (Wildman–Crippen LogP) is -0.392. The highest BCUT2D eigenvalue weighted by atomic mass is 32.2. The third kappa shape index (κ3) is 4.21. The molecule has 1 aromatic rings. The summed E-state index contributed by atoms with van der Waals surface area (Å²) in [6, 6.07) is 2.52. The molecule has 1 aromatic heterocycles. The van der Waals surface area contributed by atoms with Crippen LogP contribution in [0.2, 0.25) is 0 Å². The number of sulfone groups is 1. The first-order valence-corrected chi connectivity index (χ1v) is 7.25. The number of hydrogen-bond donors (Lipinski definition) is 3. The summed E-state index contributed by atoms with van der Waals surface area (Å²) in [6.07, 6.45) is 1.14. The number of anilines is 2. The van der Waals surface area contributed by atoms with Gasteiger partial charge in [0.2, 0.25) is 0 Å². The van der Waals surface area contributed by atoms with Crippen molar-refractivity contribution in [3.8, 4) is 0 Å². The van der Waals surface area contributed by atoms with E-state index in [2.05, 4.69) is 10.3 Å². The first-order valence-electron chi connectivity index (χ1n) is 5.19. The molecule has 0 aliphatic heterocycles. The van der Waals surface area contributed by atoms with E-state index in [4.69, 9.17) is 11.5 Å². The Morgan fingerprint density at radius 2 is 2.11 bits per heavy atom. The minimum atomic E-state index is -3.11. The smallest absolute Gasteiger partial charge is 0.267 e. The van der Waals surface area contributed by atoms with Gasteiger partial charge in [-0.2, -0.15) is 0 Å². The van der Waals surface area contributed by atoms with E-state index in [0.29, 0.717) is 5.69 Å². The van der Waals surface area contributed by atoms with E-state index in [0.717, 1.165) is 6.26 Å². The SMILES string of the molecule is CC(CS(C)(=O)=O)Nc1nc(C(N)=O)ccc1N. The first-order chi connectivity index (χ1) is 8.19. The Morgan fingerprint density at radius 1 is 1.50 bits per heavy atom. The second kappa shape index (κ2) is 5.21. The normalized spacial score (nSPS) is 13.0. The van der Waals surface area contributed by atoms with Crippen LogP contribution in [-0.2, 0) is 9.84 Å². The molecule has 0 radical (unpaired) electrons. The maximum absolute atomic E-state index is 11.1. The van der Waals surface area contributed by atoms with Gasteiger partial charge in [-0.15, -0.1) is 0 Å². The van der Waals surface area contributed by atoms with Gasteiger partial charge in [0.15, 0.2) is 0 Å². The van der Waals surface area contributed by atoms with Crippen molar-refractivity contribution in [2.24, 2.45) is 5.73 Å². The van der Waals surface area contributed by atoms with Crippen LogP contribution in [0.4, 0.5) is 11.5 Å². The number of hydrogen-bond acceptors (Lipinski definition) is 6. The van der Waals surface area contributed by atoms with E-state index >= 15 is 0 Å². The molecule has 18 heavy (non-hydrogen) atoms. The molecule has 0 bridgehead atoms. The number of rotatable bonds is 5. The van der Waals surface area contributed by atoms with E-state index in [1.54, 1.807) is 6.92 Å². The van der Waals surface area contributed by atoms with Gasteiger partial charge in [-0.05, 0) is 19.1 Å². The monoisotopic (exact) mass is 272 g/mol. The number of pyridine rings is 1. The van der Waals surface area contributed by atoms with Crippen LogP contribution in [0.25, 0.3) is 0 Å². The first kappa shape index (κ1) is 14.2. The van der Waals surface area contributed by atoms with E-state index < -0.39 is 15.7 Å². The third-order valence-electron chi connectivity index (χ3n) is 2.11. The van der Waals surface area contributed by atoms with Gasteiger partial charge in [0, 0.05) is 12.3 Å². The molecular weight excluding hydrogens is 256 g/mol. The van der Waals surface area contributed by atoms with Crippen LogP contribution in [0.1, 0.15) is 17.4 Å². The molecule has 0 fully saturated rings. The minimum Gasteiger partial charge on any atom is -0.396 e. The highest BCUT2D eigenvalue weighted by Gasteiger charge is 2.13. The zero-order valence-corrected chi connectivity index (χ0v) is 11.0. The van der Waals surface area contributed by atoms with Gasteiger partial charge in [0.1, 0.15) is 21.3 Å². The maximum atomic E-state index is 11.1. The number of primary amides is 1. The van der Waals surface area contributed by atoms with Crippen molar-refractivity contribution in [2.45, 2.75) is 13.0 Å². The van der Waals surface area contributed by atoms with Crippen LogP contribution in [0.5, 0.6) is 0 Å². The number of nitrogens with zero attached hydrogens (tertiary/aromatic N) is 1. The van der Waals surface area contributed by atoms with Crippen molar-refractivity contribution < 1.29 is 13.2 Å². The summed E-state index contributed by atoms with van der Waals surface area (Å²) >= 11 is 0. The van der Waals surface area contributed by atoms with E-state index in [1.807, 2.05) is 0 Å². The van der Waals surface area contributed by atoms with Crippen molar-refractivity contribution in [1.82, 2.24) is 4.98 Å². The summed E-state index contributed by atoms with van der Waals surface area (Å²) < 4.78 is 22.3. The second-order valence-electron chi connectivity index (χ2n) is 4.14. The number of aromatic nitrogens is 1. The third-order valence-corrected chi connectivity index (χ3v) is 3.22.